The van der Waals surface area contributed by atoms with Crippen molar-refractivity contribution in [2.45, 2.75) is 9.79 Å². The van der Waals surface area contributed by atoms with Gasteiger partial charge in [0.2, 0.25) is 0 Å². The van der Waals surface area contributed by atoms with Gasteiger partial charge >= 0.3 is 0 Å². The minimum Gasteiger partial charge on any atom is -0.298 e. The van der Waals surface area contributed by atoms with Crippen molar-refractivity contribution >= 4 is 41.2 Å². The maximum Gasteiger partial charge on any atom is 0.150 e. The van der Waals surface area contributed by atoms with Crippen molar-refractivity contribution in [2.75, 3.05) is 0 Å². The van der Waals surface area contributed by atoms with Crippen LogP contribution in [0.3, 0.4) is 0 Å². The zero-order chi connectivity index (χ0) is 13.1. The van der Waals surface area contributed by atoms with E-state index in [0.717, 1.165) is 4.90 Å². The molecule has 0 radical (unpaired) electrons. The van der Waals surface area contributed by atoms with Gasteiger partial charge in [0.05, 0.1) is 10.0 Å². The summed E-state index contributed by atoms with van der Waals surface area (Å²) in [5.41, 5.74) is 0.311. The maximum absolute atomic E-state index is 13.7. The van der Waals surface area contributed by atoms with Gasteiger partial charge in [-0.2, -0.15) is 0 Å². The number of hydrogen-bond donors (Lipinski definition) is 0. The second-order valence-corrected chi connectivity index (χ2v) is 5.42. The van der Waals surface area contributed by atoms with Crippen LogP contribution in [0.15, 0.2) is 46.2 Å². The van der Waals surface area contributed by atoms with Crippen LogP contribution in [0, 0.1) is 5.82 Å². The number of carbonyl (C=O) groups is 1. The van der Waals surface area contributed by atoms with Crippen molar-refractivity contribution in [1.82, 2.24) is 0 Å². The van der Waals surface area contributed by atoms with Gasteiger partial charge < -0.3 is 0 Å². The van der Waals surface area contributed by atoms with E-state index in [9.17, 15) is 9.18 Å². The molecule has 0 aliphatic carbocycles. The predicted octanol–water partition coefficient (Wildman–Crippen LogP) is 5.10. The average molecular weight is 301 g/mol. The van der Waals surface area contributed by atoms with Crippen molar-refractivity contribution < 1.29 is 9.18 Å². The van der Waals surface area contributed by atoms with E-state index in [-0.39, 0.29) is 0 Å². The fraction of sp³-hybridized carbons (Fsp3) is 0. The van der Waals surface area contributed by atoms with Crippen LogP contribution in [0.5, 0.6) is 0 Å². The van der Waals surface area contributed by atoms with E-state index in [1.165, 1.54) is 17.8 Å². The highest BCUT2D eigenvalue weighted by Crippen LogP contribution is 2.33. The first kappa shape index (κ1) is 13.4. The van der Waals surface area contributed by atoms with E-state index in [2.05, 4.69) is 0 Å². The number of benzene rings is 2. The largest absolute Gasteiger partial charge is 0.298 e. The van der Waals surface area contributed by atoms with Crippen LogP contribution in [0.1, 0.15) is 10.4 Å². The Labute approximate surface area is 118 Å². The molecule has 0 N–H and O–H groups in total. The molecule has 0 atom stereocenters. The Kier molecular flexibility index (Phi) is 4.27. The first-order chi connectivity index (χ1) is 8.60. The zero-order valence-corrected chi connectivity index (χ0v) is 11.3. The molecular weight excluding hydrogens is 294 g/mol. The molecular formula is C13H7Cl2FOS. The van der Waals surface area contributed by atoms with Crippen molar-refractivity contribution in [2.24, 2.45) is 0 Å². The molecule has 2 aromatic carbocycles. The summed E-state index contributed by atoms with van der Waals surface area (Å²) in [5, 5.41) is 0.879. The van der Waals surface area contributed by atoms with Crippen molar-refractivity contribution in [3.63, 3.8) is 0 Å². The minimum atomic E-state index is -0.435. The molecule has 1 nitrogen and oxygen atoms in total. The Morgan fingerprint density at radius 2 is 1.83 bits per heavy atom. The van der Waals surface area contributed by atoms with Crippen LogP contribution >= 0.6 is 35.0 Å². The fourth-order valence-corrected chi connectivity index (χ4v) is 2.56. The van der Waals surface area contributed by atoms with Crippen molar-refractivity contribution in [3.05, 3.63) is 57.8 Å². The Morgan fingerprint density at radius 1 is 1.06 bits per heavy atom. The van der Waals surface area contributed by atoms with E-state index < -0.39 is 5.82 Å². The molecule has 0 aromatic heterocycles. The molecule has 2 rings (SSSR count). The van der Waals surface area contributed by atoms with Crippen LogP contribution in [0.4, 0.5) is 4.39 Å². The summed E-state index contributed by atoms with van der Waals surface area (Å²) >= 11 is 12.9. The minimum absolute atomic E-state index is 0.311. The quantitative estimate of drug-likeness (QED) is 0.734. The second kappa shape index (κ2) is 5.74. The molecule has 0 aliphatic heterocycles. The average Bonchev–Trinajstić information content (AvgIpc) is 2.36. The normalized spacial score (nSPS) is 10.4. The van der Waals surface area contributed by atoms with Gasteiger partial charge in [-0.15, -0.1) is 0 Å². The SMILES string of the molecule is O=Cc1ccc(Sc2ccc(Cl)c(Cl)c2)c(F)c1. The van der Waals surface area contributed by atoms with Gasteiger partial charge in [0, 0.05) is 15.4 Å². The summed E-state index contributed by atoms with van der Waals surface area (Å²) in [6.07, 6.45) is 0.608. The third kappa shape index (κ3) is 3.05. The number of halogens is 3. The van der Waals surface area contributed by atoms with Gasteiger partial charge in [-0.05, 0) is 30.3 Å². The lowest BCUT2D eigenvalue weighted by atomic mass is 10.2. The highest BCUT2D eigenvalue weighted by molar-refractivity contribution is 7.99. The van der Waals surface area contributed by atoms with Gasteiger partial charge in [0.25, 0.3) is 0 Å². The third-order valence-electron chi connectivity index (χ3n) is 2.21. The molecule has 0 fully saturated rings. The van der Waals surface area contributed by atoms with Gasteiger partial charge in [-0.3, -0.25) is 4.79 Å². The lowest BCUT2D eigenvalue weighted by Gasteiger charge is -2.05. The summed E-state index contributed by atoms with van der Waals surface area (Å²) in [5.74, 6) is -0.435. The lowest BCUT2D eigenvalue weighted by molar-refractivity contribution is 0.112. The van der Waals surface area contributed by atoms with Crippen molar-refractivity contribution in [1.29, 1.82) is 0 Å². The standard InChI is InChI=1S/C13H7Cl2FOS/c14-10-3-2-9(6-11(10)15)18-13-4-1-8(7-17)5-12(13)16/h1-7H. The van der Waals surface area contributed by atoms with Crippen LogP contribution in [-0.2, 0) is 0 Å². The molecule has 0 heterocycles. The lowest BCUT2D eigenvalue weighted by Crippen LogP contribution is -1.86. The number of hydrogen-bond acceptors (Lipinski definition) is 2. The van der Waals surface area contributed by atoms with E-state index >= 15 is 0 Å². The van der Waals surface area contributed by atoms with Crippen LogP contribution < -0.4 is 0 Å². The Morgan fingerprint density at radius 3 is 2.44 bits per heavy atom. The monoisotopic (exact) mass is 300 g/mol. The Hall–Kier alpha value is -1.03. The molecule has 0 bridgehead atoms. The van der Waals surface area contributed by atoms with E-state index in [1.54, 1.807) is 30.3 Å². The highest BCUT2D eigenvalue weighted by atomic mass is 35.5. The summed E-state index contributed by atoms with van der Waals surface area (Å²) < 4.78 is 13.7. The third-order valence-corrected chi connectivity index (χ3v) is 3.99. The van der Waals surface area contributed by atoms with Crippen LogP contribution in [0.2, 0.25) is 10.0 Å². The molecule has 2 aromatic rings. The molecule has 92 valence electrons. The molecule has 0 unspecified atom stereocenters. The molecule has 0 saturated carbocycles. The van der Waals surface area contributed by atoms with Gasteiger partial charge in [0.1, 0.15) is 12.1 Å². The molecule has 0 saturated heterocycles. The van der Waals surface area contributed by atoms with E-state index in [4.69, 9.17) is 23.2 Å². The van der Waals surface area contributed by atoms with Gasteiger partial charge in [0.15, 0.2) is 0 Å². The van der Waals surface area contributed by atoms with Crippen LogP contribution in [0.25, 0.3) is 0 Å². The van der Waals surface area contributed by atoms with Gasteiger partial charge in [-0.25, -0.2) is 4.39 Å². The fourth-order valence-electron chi connectivity index (χ4n) is 1.34. The highest BCUT2D eigenvalue weighted by Gasteiger charge is 2.07. The van der Waals surface area contributed by atoms with E-state index in [1.807, 2.05) is 0 Å². The number of rotatable bonds is 3. The summed E-state index contributed by atoms with van der Waals surface area (Å²) in [7, 11) is 0. The number of carbonyl (C=O) groups excluding carboxylic acids is 1. The topological polar surface area (TPSA) is 17.1 Å². The smallest absolute Gasteiger partial charge is 0.150 e. The maximum atomic E-state index is 13.7. The second-order valence-electron chi connectivity index (χ2n) is 3.49. The molecule has 0 amide bonds. The number of aldehydes is 1. The zero-order valence-electron chi connectivity index (χ0n) is 8.99. The Bertz CT molecular complexity index is 602. The predicted molar refractivity (Wildman–Crippen MR) is 72.4 cm³/mol. The molecule has 0 spiro atoms. The summed E-state index contributed by atoms with van der Waals surface area (Å²) in [6, 6.07) is 9.41. The van der Waals surface area contributed by atoms with Gasteiger partial charge in [-0.1, -0.05) is 41.0 Å². The summed E-state index contributed by atoms with van der Waals surface area (Å²) in [4.78, 5) is 11.7. The molecule has 0 aliphatic rings. The van der Waals surface area contributed by atoms with E-state index in [0.29, 0.717) is 26.8 Å². The summed E-state index contributed by atoms with van der Waals surface area (Å²) in [6.45, 7) is 0. The molecule has 5 heteroatoms. The molecule has 18 heavy (non-hydrogen) atoms. The first-order valence-electron chi connectivity index (χ1n) is 4.98. The Balaban J connectivity index is 2.28. The van der Waals surface area contributed by atoms with Crippen LogP contribution in [-0.4, -0.2) is 6.29 Å². The first-order valence-corrected chi connectivity index (χ1v) is 6.55. The van der Waals surface area contributed by atoms with Crippen molar-refractivity contribution in [3.8, 4) is 0 Å².